The van der Waals surface area contributed by atoms with Gasteiger partial charge in [-0.2, -0.15) is 9.61 Å². The van der Waals surface area contributed by atoms with Crippen LogP contribution in [0.3, 0.4) is 0 Å². The molecule has 2 aromatic rings. The topological polar surface area (TPSA) is 69.1 Å². The van der Waals surface area contributed by atoms with E-state index in [2.05, 4.69) is 15.3 Å². The second-order valence-corrected chi connectivity index (χ2v) is 5.65. The van der Waals surface area contributed by atoms with E-state index in [4.69, 9.17) is 5.73 Å². The predicted molar refractivity (Wildman–Crippen MR) is 62.6 cm³/mol. The molecule has 86 valence electrons. The van der Waals surface area contributed by atoms with Crippen LogP contribution in [0, 0.1) is 6.92 Å². The summed E-state index contributed by atoms with van der Waals surface area (Å²) in [4.78, 5) is 0.905. The molecule has 2 aromatic heterocycles. The van der Waals surface area contributed by atoms with E-state index in [1.54, 1.807) is 11.3 Å². The quantitative estimate of drug-likeness (QED) is 0.815. The molecule has 0 amide bonds. The summed E-state index contributed by atoms with van der Waals surface area (Å²) in [6.45, 7) is 2.00. The van der Waals surface area contributed by atoms with Gasteiger partial charge in [-0.1, -0.05) is 11.3 Å². The van der Waals surface area contributed by atoms with Crippen molar-refractivity contribution in [1.82, 2.24) is 19.8 Å². The highest BCUT2D eigenvalue weighted by molar-refractivity contribution is 7.16. The SMILES string of the molecule is Cc1nn2c(C3CCC(N)CC3)nnc2s1. The van der Waals surface area contributed by atoms with Gasteiger partial charge in [0.15, 0.2) is 5.82 Å². The largest absolute Gasteiger partial charge is 0.328 e. The molecule has 16 heavy (non-hydrogen) atoms. The fourth-order valence-corrected chi connectivity index (χ4v) is 3.05. The Morgan fingerprint density at radius 2 is 2.00 bits per heavy atom. The van der Waals surface area contributed by atoms with Crippen molar-refractivity contribution in [3.63, 3.8) is 0 Å². The molecule has 0 bridgehead atoms. The van der Waals surface area contributed by atoms with E-state index in [0.29, 0.717) is 12.0 Å². The van der Waals surface area contributed by atoms with Gasteiger partial charge >= 0.3 is 0 Å². The van der Waals surface area contributed by atoms with Crippen molar-refractivity contribution in [3.8, 4) is 0 Å². The van der Waals surface area contributed by atoms with Gasteiger partial charge in [0.25, 0.3) is 0 Å². The zero-order chi connectivity index (χ0) is 11.1. The van der Waals surface area contributed by atoms with Crippen molar-refractivity contribution in [2.75, 3.05) is 0 Å². The van der Waals surface area contributed by atoms with E-state index < -0.39 is 0 Å². The summed E-state index contributed by atoms with van der Waals surface area (Å²) in [5.74, 6) is 1.50. The maximum atomic E-state index is 5.91. The molecule has 0 radical (unpaired) electrons. The third kappa shape index (κ3) is 1.62. The van der Waals surface area contributed by atoms with Crippen LogP contribution in [0.2, 0.25) is 0 Å². The molecule has 0 spiro atoms. The third-order valence-corrected chi connectivity index (χ3v) is 4.07. The van der Waals surface area contributed by atoms with Gasteiger partial charge in [0.1, 0.15) is 5.01 Å². The highest BCUT2D eigenvalue weighted by Gasteiger charge is 2.25. The summed E-state index contributed by atoms with van der Waals surface area (Å²) in [5, 5.41) is 13.9. The molecular weight excluding hydrogens is 222 g/mol. The average molecular weight is 237 g/mol. The normalized spacial score (nSPS) is 26.4. The highest BCUT2D eigenvalue weighted by atomic mass is 32.1. The molecule has 1 saturated carbocycles. The Balaban J connectivity index is 1.93. The van der Waals surface area contributed by atoms with Gasteiger partial charge in [0, 0.05) is 12.0 Å². The molecule has 1 fully saturated rings. The zero-order valence-corrected chi connectivity index (χ0v) is 10.1. The van der Waals surface area contributed by atoms with Crippen molar-refractivity contribution in [2.45, 2.75) is 44.6 Å². The third-order valence-electron chi connectivity index (χ3n) is 3.25. The van der Waals surface area contributed by atoms with E-state index in [-0.39, 0.29) is 0 Å². The molecule has 0 atom stereocenters. The average Bonchev–Trinajstić information content (AvgIpc) is 2.78. The monoisotopic (exact) mass is 237 g/mol. The fourth-order valence-electron chi connectivity index (χ4n) is 2.36. The summed E-state index contributed by atoms with van der Waals surface area (Å²) < 4.78 is 1.90. The van der Waals surface area contributed by atoms with Crippen LogP contribution in [0.1, 0.15) is 42.4 Å². The Labute approximate surface area is 97.7 Å². The van der Waals surface area contributed by atoms with Crippen LogP contribution in [0.25, 0.3) is 4.96 Å². The second-order valence-electron chi connectivity index (χ2n) is 4.49. The van der Waals surface area contributed by atoms with Crippen molar-refractivity contribution in [3.05, 3.63) is 10.8 Å². The molecule has 0 unspecified atom stereocenters. The number of aryl methyl sites for hydroxylation is 1. The summed E-state index contributed by atoms with van der Waals surface area (Å²) >= 11 is 1.59. The van der Waals surface area contributed by atoms with Gasteiger partial charge in [-0.15, -0.1) is 10.2 Å². The molecule has 0 aromatic carbocycles. The molecule has 3 rings (SSSR count). The van der Waals surface area contributed by atoms with Gasteiger partial charge in [0.05, 0.1) is 0 Å². The van der Waals surface area contributed by atoms with Crippen LogP contribution in [0.4, 0.5) is 0 Å². The second kappa shape index (κ2) is 3.78. The maximum Gasteiger partial charge on any atom is 0.234 e. The summed E-state index contributed by atoms with van der Waals surface area (Å²) in [6, 6.07) is 0.372. The first-order valence-electron chi connectivity index (χ1n) is 5.68. The van der Waals surface area contributed by atoms with E-state index in [1.807, 2.05) is 11.4 Å². The van der Waals surface area contributed by atoms with Crippen LogP contribution in [0.5, 0.6) is 0 Å². The molecule has 2 N–H and O–H groups in total. The molecule has 0 aliphatic heterocycles. The summed E-state index contributed by atoms with van der Waals surface area (Å²) in [5.41, 5.74) is 5.91. The standard InChI is InChI=1S/C10H15N5S/c1-6-14-15-9(12-13-10(15)16-6)7-2-4-8(11)5-3-7/h7-8H,2-5,11H2,1H3. The van der Waals surface area contributed by atoms with Crippen molar-refractivity contribution < 1.29 is 0 Å². The summed E-state index contributed by atoms with van der Waals surface area (Å²) in [6.07, 6.45) is 4.39. The number of fused-ring (bicyclic) bond motifs is 1. The number of hydrogen-bond donors (Lipinski definition) is 1. The first-order valence-corrected chi connectivity index (χ1v) is 6.50. The zero-order valence-electron chi connectivity index (χ0n) is 9.26. The van der Waals surface area contributed by atoms with Gasteiger partial charge in [0.2, 0.25) is 4.96 Å². The van der Waals surface area contributed by atoms with Gasteiger partial charge in [-0.3, -0.25) is 0 Å². The van der Waals surface area contributed by atoms with Crippen LogP contribution in [-0.4, -0.2) is 25.9 Å². The van der Waals surface area contributed by atoms with Crippen LogP contribution in [-0.2, 0) is 0 Å². The number of nitrogens with two attached hydrogens (primary N) is 1. The lowest BCUT2D eigenvalue weighted by molar-refractivity contribution is 0.381. The molecule has 1 aliphatic rings. The fraction of sp³-hybridized carbons (Fsp3) is 0.700. The molecule has 1 aliphatic carbocycles. The minimum absolute atomic E-state index is 0.372. The number of nitrogens with zero attached hydrogens (tertiary/aromatic N) is 4. The number of rotatable bonds is 1. The van der Waals surface area contributed by atoms with E-state index in [1.165, 1.54) is 0 Å². The predicted octanol–water partition coefficient (Wildman–Crippen LogP) is 1.48. The van der Waals surface area contributed by atoms with E-state index >= 15 is 0 Å². The van der Waals surface area contributed by atoms with E-state index in [9.17, 15) is 0 Å². The number of hydrogen-bond acceptors (Lipinski definition) is 5. The van der Waals surface area contributed by atoms with Gasteiger partial charge in [-0.25, -0.2) is 0 Å². The Morgan fingerprint density at radius 1 is 1.25 bits per heavy atom. The Kier molecular flexibility index (Phi) is 2.40. The van der Waals surface area contributed by atoms with Gasteiger partial charge < -0.3 is 5.73 Å². The van der Waals surface area contributed by atoms with Crippen LogP contribution in [0.15, 0.2) is 0 Å². The minimum atomic E-state index is 0.372. The van der Waals surface area contributed by atoms with E-state index in [0.717, 1.165) is 41.5 Å². The molecular formula is C10H15N5S. The van der Waals surface area contributed by atoms with Crippen molar-refractivity contribution in [2.24, 2.45) is 5.73 Å². The molecule has 6 heteroatoms. The molecule has 0 saturated heterocycles. The summed E-state index contributed by atoms with van der Waals surface area (Å²) in [7, 11) is 0. The van der Waals surface area contributed by atoms with Gasteiger partial charge in [-0.05, 0) is 32.6 Å². The van der Waals surface area contributed by atoms with Crippen molar-refractivity contribution in [1.29, 1.82) is 0 Å². The maximum absolute atomic E-state index is 5.91. The van der Waals surface area contributed by atoms with Crippen LogP contribution >= 0.6 is 11.3 Å². The molecule has 2 heterocycles. The lowest BCUT2D eigenvalue weighted by Gasteiger charge is -2.24. The van der Waals surface area contributed by atoms with Crippen molar-refractivity contribution >= 4 is 16.3 Å². The highest BCUT2D eigenvalue weighted by Crippen LogP contribution is 2.31. The Bertz CT molecular complexity index is 494. The van der Waals surface area contributed by atoms with Crippen LogP contribution < -0.4 is 5.73 Å². The lowest BCUT2D eigenvalue weighted by atomic mass is 9.86. The Hall–Kier alpha value is -1.01. The minimum Gasteiger partial charge on any atom is -0.328 e. The first kappa shape index (κ1) is 10.2. The first-order chi connectivity index (χ1) is 7.74. The smallest absolute Gasteiger partial charge is 0.234 e. The lowest BCUT2D eigenvalue weighted by Crippen LogP contribution is -2.26. The molecule has 5 nitrogen and oxygen atoms in total. The Morgan fingerprint density at radius 3 is 2.75 bits per heavy atom. The number of aromatic nitrogens is 4.